The molecule has 37 heavy (non-hydrogen) atoms. The zero-order valence-electron chi connectivity index (χ0n) is 20.3. The minimum atomic E-state index is -1.02. The number of carbonyl (C=O) groups is 4. The minimum absolute atomic E-state index is 0.158. The standard InChI is InChI=1S/C30H26ClNO5/c1-18(27(33)20-10-13-23(31)14-11-20)37-30(36)22-8-5-9-24(16-22)32-28(34)25-15-12-21(17-26(25)29(32)35)19-6-3-2-4-7-19/h2-11,13-14,16,18,21,25-26H,12,15,17H2,1H3/t18-,21+,25+,26+/m0/s1. The number of amides is 2. The highest BCUT2D eigenvalue weighted by Gasteiger charge is 2.50. The van der Waals surface area contributed by atoms with Crippen LogP contribution >= 0.6 is 11.6 Å². The van der Waals surface area contributed by atoms with Crippen molar-refractivity contribution in [3.8, 4) is 0 Å². The Bertz CT molecular complexity index is 1350. The molecule has 1 saturated carbocycles. The second-order valence-corrected chi connectivity index (χ2v) is 10.1. The summed E-state index contributed by atoms with van der Waals surface area (Å²) in [5, 5.41) is 0.499. The summed E-state index contributed by atoms with van der Waals surface area (Å²) in [4.78, 5) is 53.3. The largest absolute Gasteiger partial charge is 0.451 e. The Morgan fingerprint density at radius 2 is 1.57 bits per heavy atom. The van der Waals surface area contributed by atoms with Crippen LogP contribution < -0.4 is 4.90 Å². The molecule has 3 aromatic carbocycles. The number of hydrogen-bond acceptors (Lipinski definition) is 5. The first-order valence-corrected chi connectivity index (χ1v) is 12.7. The second kappa shape index (κ2) is 10.3. The Labute approximate surface area is 220 Å². The average molecular weight is 516 g/mol. The lowest BCUT2D eigenvalue weighted by atomic mass is 9.73. The molecule has 2 fully saturated rings. The van der Waals surface area contributed by atoms with Gasteiger partial charge >= 0.3 is 5.97 Å². The van der Waals surface area contributed by atoms with E-state index in [4.69, 9.17) is 16.3 Å². The lowest BCUT2D eigenvalue weighted by molar-refractivity contribution is -0.122. The zero-order chi connectivity index (χ0) is 26.1. The third-order valence-electron chi connectivity index (χ3n) is 7.32. The number of hydrogen-bond donors (Lipinski definition) is 0. The van der Waals surface area contributed by atoms with Gasteiger partial charge in [0.2, 0.25) is 17.6 Å². The van der Waals surface area contributed by atoms with Gasteiger partial charge in [0.1, 0.15) is 0 Å². The number of ether oxygens (including phenoxy) is 1. The number of rotatable bonds is 6. The minimum Gasteiger partial charge on any atom is -0.451 e. The van der Waals surface area contributed by atoms with Gasteiger partial charge in [-0.25, -0.2) is 4.79 Å². The summed E-state index contributed by atoms with van der Waals surface area (Å²) in [6, 6.07) is 22.7. The van der Waals surface area contributed by atoms with E-state index in [1.807, 2.05) is 18.2 Å². The maximum absolute atomic E-state index is 13.4. The number of halogens is 1. The molecule has 1 saturated heterocycles. The van der Waals surface area contributed by atoms with E-state index in [2.05, 4.69) is 12.1 Å². The predicted molar refractivity (Wildman–Crippen MR) is 140 cm³/mol. The maximum atomic E-state index is 13.4. The fraction of sp³-hybridized carbons (Fsp3) is 0.267. The van der Waals surface area contributed by atoms with Crippen LogP contribution in [0.3, 0.4) is 0 Å². The number of Topliss-reactive ketones (excluding diaryl/α,β-unsaturated/α-hetero) is 1. The van der Waals surface area contributed by atoms with Gasteiger partial charge in [0.15, 0.2) is 6.10 Å². The lowest BCUT2D eigenvalue weighted by Crippen LogP contribution is -2.31. The fourth-order valence-electron chi connectivity index (χ4n) is 5.36. The molecule has 0 N–H and O–H groups in total. The molecule has 1 aliphatic heterocycles. The van der Waals surface area contributed by atoms with Crippen LogP contribution in [0, 0.1) is 11.8 Å². The summed E-state index contributed by atoms with van der Waals surface area (Å²) < 4.78 is 5.40. The van der Waals surface area contributed by atoms with Crippen LogP contribution in [0.4, 0.5) is 5.69 Å². The first kappa shape index (κ1) is 24.9. The van der Waals surface area contributed by atoms with E-state index in [1.165, 1.54) is 29.5 Å². The Hall–Kier alpha value is -3.77. The molecule has 5 rings (SSSR count). The summed E-state index contributed by atoms with van der Waals surface area (Å²) in [5.74, 6) is -2.01. The number of esters is 1. The van der Waals surface area contributed by atoms with Crippen LogP contribution in [-0.2, 0) is 14.3 Å². The smallest absolute Gasteiger partial charge is 0.338 e. The number of anilines is 1. The van der Waals surface area contributed by atoms with Crippen molar-refractivity contribution in [1.82, 2.24) is 0 Å². The van der Waals surface area contributed by atoms with E-state index >= 15 is 0 Å². The molecule has 1 aliphatic carbocycles. The summed E-state index contributed by atoms with van der Waals surface area (Å²) in [5.41, 5.74) is 2.06. The lowest BCUT2D eigenvalue weighted by Gasteiger charge is -2.28. The van der Waals surface area contributed by atoms with E-state index in [0.717, 1.165) is 6.42 Å². The summed E-state index contributed by atoms with van der Waals surface area (Å²) in [7, 11) is 0. The molecule has 2 amide bonds. The number of benzene rings is 3. The molecule has 0 spiro atoms. The average Bonchev–Trinajstić information content (AvgIpc) is 3.18. The van der Waals surface area contributed by atoms with Gasteiger partial charge in [0.25, 0.3) is 0 Å². The summed E-state index contributed by atoms with van der Waals surface area (Å²) in [6.45, 7) is 1.50. The van der Waals surface area contributed by atoms with E-state index in [-0.39, 0.29) is 40.9 Å². The molecule has 0 radical (unpaired) electrons. The van der Waals surface area contributed by atoms with Crippen LogP contribution in [0.25, 0.3) is 0 Å². The Kier molecular flexibility index (Phi) is 6.94. The number of imide groups is 1. The van der Waals surface area contributed by atoms with Gasteiger partial charge in [-0.3, -0.25) is 19.3 Å². The van der Waals surface area contributed by atoms with Crippen molar-refractivity contribution < 1.29 is 23.9 Å². The van der Waals surface area contributed by atoms with Crippen LogP contribution in [0.15, 0.2) is 78.9 Å². The zero-order valence-corrected chi connectivity index (χ0v) is 21.1. The van der Waals surface area contributed by atoms with Crippen molar-refractivity contribution in [2.45, 2.75) is 38.2 Å². The van der Waals surface area contributed by atoms with Crippen LogP contribution in [0.1, 0.15) is 58.4 Å². The van der Waals surface area contributed by atoms with Gasteiger partial charge in [0.05, 0.1) is 23.1 Å². The number of ketones is 1. The SMILES string of the molecule is C[C@H](OC(=O)c1cccc(N2C(=O)[C@@H]3CC[C@@H](c4ccccc4)C[C@H]3C2=O)c1)C(=O)c1ccc(Cl)cc1. The van der Waals surface area contributed by atoms with Gasteiger partial charge in [-0.05, 0) is 80.1 Å². The third-order valence-corrected chi connectivity index (χ3v) is 7.57. The van der Waals surface area contributed by atoms with E-state index in [0.29, 0.717) is 29.1 Å². The Balaban J connectivity index is 1.30. The van der Waals surface area contributed by atoms with Crippen molar-refractivity contribution in [3.05, 3.63) is 101 Å². The van der Waals surface area contributed by atoms with Gasteiger partial charge in [-0.1, -0.05) is 48.0 Å². The van der Waals surface area contributed by atoms with Crippen LogP contribution in [0.2, 0.25) is 5.02 Å². The van der Waals surface area contributed by atoms with Crippen LogP contribution in [0.5, 0.6) is 0 Å². The van der Waals surface area contributed by atoms with Crippen molar-refractivity contribution in [1.29, 1.82) is 0 Å². The molecule has 188 valence electrons. The quantitative estimate of drug-likeness (QED) is 0.234. The van der Waals surface area contributed by atoms with Gasteiger partial charge in [-0.2, -0.15) is 0 Å². The number of carbonyl (C=O) groups excluding carboxylic acids is 4. The number of nitrogens with zero attached hydrogens (tertiary/aromatic N) is 1. The van der Waals surface area contributed by atoms with Crippen molar-refractivity contribution >= 4 is 40.9 Å². The summed E-state index contributed by atoms with van der Waals surface area (Å²) in [6.07, 6.45) is 1.11. The second-order valence-electron chi connectivity index (χ2n) is 9.61. The van der Waals surface area contributed by atoms with E-state index in [1.54, 1.807) is 36.4 Å². The molecule has 6 nitrogen and oxygen atoms in total. The first-order chi connectivity index (χ1) is 17.8. The first-order valence-electron chi connectivity index (χ1n) is 12.4. The molecule has 7 heteroatoms. The van der Waals surface area contributed by atoms with Crippen molar-refractivity contribution in [2.24, 2.45) is 11.8 Å². The normalized spacial score (nSPS) is 21.9. The molecule has 1 heterocycles. The topological polar surface area (TPSA) is 80.8 Å². The van der Waals surface area contributed by atoms with Crippen LogP contribution in [-0.4, -0.2) is 29.7 Å². The molecule has 0 aromatic heterocycles. The predicted octanol–water partition coefficient (Wildman–Crippen LogP) is 5.84. The summed E-state index contributed by atoms with van der Waals surface area (Å²) >= 11 is 5.88. The highest BCUT2D eigenvalue weighted by atomic mass is 35.5. The fourth-order valence-corrected chi connectivity index (χ4v) is 5.49. The van der Waals surface area contributed by atoms with E-state index in [9.17, 15) is 19.2 Å². The molecule has 2 aliphatic rings. The highest BCUT2D eigenvalue weighted by Crippen LogP contribution is 2.45. The van der Waals surface area contributed by atoms with Crippen molar-refractivity contribution in [2.75, 3.05) is 4.90 Å². The van der Waals surface area contributed by atoms with Crippen molar-refractivity contribution in [3.63, 3.8) is 0 Å². The maximum Gasteiger partial charge on any atom is 0.338 e. The third kappa shape index (κ3) is 4.94. The molecule has 0 unspecified atom stereocenters. The highest BCUT2D eigenvalue weighted by molar-refractivity contribution is 6.30. The molecule has 3 aromatic rings. The Morgan fingerprint density at radius 1 is 0.865 bits per heavy atom. The van der Waals surface area contributed by atoms with Gasteiger partial charge in [-0.15, -0.1) is 0 Å². The van der Waals surface area contributed by atoms with Gasteiger partial charge < -0.3 is 4.74 Å². The Morgan fingerprint density at radius 3 is 2.30 bits per heavy atom. The molecular weight excluding hydrogens is 490 g/mol. The molecule has 4 atom stereocenters. The van der Waals surface area contributed by atoms with E-state index < -0.39 is 12.1 Å². The molecule has 0 bridgehead atoms. The number of fused-ring (bicyclic) bond motifs is 1. The monoisotopic (exact) mass is 515 g/mol. The van der Waals surface area contributed by atoms with Gasteiger partial charge in [0, 0.05) is 10.6 Å². The molecular formula is C30H26ClNO5.